The summed E-state index contributed by atoms with van der Waals surface area (Å²) in [7, 11) is -3.83. The SMILES string of the molecule is CC1CCC(NC(=O)C(N)CC2(C)CCCC2)C(O)CN1S(=O)(=O)c1ccccn1. The smallest absolute Gasteiger partial charge is 0.260 e. The number of aliphatic hydroxyl groups excluding tert-OH is 1. The van der Waals surface area contributed by atoms with E-state index in [1.54, 1.807) is 12.1 Å². The summed E-state index contributed by atoms with van der Waals surface area (Å²) in [6, 6.07) is 3.23. The molecule has 0 spiro atoms. The molecular weight excluding hydrogens is 404 g/mol. The van der Waals surface area contributed by atoms with Crippen molar-refractivity contribution < 1.29 is 18.3 Å². The highest BCUT2D eigenvalue weighted by molar-refractivity contribution is 7.89. The maximum atomic E-state index is 13.0. The Hall–Kier alpha value is -1.55. The van der Waals surface area contributed by atoms with Gasteiger partial charge in [0.05, 0.1) is 18.2 Å². The average molecular weight is 439 g/mol. The zero-order valence-corrected chi connectivity index (χ0v) is 18.6. The molecule has 0 aromatic carbocycles. The van der Waals surface area contributed by atoms with Crippen LogP contribution in [0.5, 0.6) is 0 Å². The van der Waals surface area contributed by atoms with E-state index in [-0.39, 0.29) is 28.9 Å². The molecule has 30 heavy (non-hydrogen) atoms. The maximum absolute atomic E-state index is 13.0. The van der Waals surface area contributed by atoms with Gasteiger partial charge in [-0.1, -0.05) is 25.8 Å². The summed E-state index contributed by atoms with van der Waals surface area (Å²) >= 11 is 0. The van der Waals surface area contributed by atoms with Crippen LogP contribution in [0.15, 0.2) is 29.4 Å². The van der Waals surface area contributed by atoms with Gasteiger partial charge in [0.1, 0.15) is 0 Å². The Bertz CT molecular complexity index is 827. The minimum Gasteiger partial charge on any atom is -0.390 e. The predicted molar refractivity (Wildman–Crippen MR) is 114 cm³/mol. The number of nitrogens with zero attached hydrogens (tertiary/aromatic N) is 2. The molecule has 0 bridgehead atoms. The molecule has 4 unspecified atom stereocenters. The topological polar surface area (TPSA) is 126 Å². The van der Waals surface area contributed by atoms with Crippen LogP contribution in [0.1, 0.15) is 58.8 Å². The van der Waals surface area contributed by atoms with Gasteiger partial charge in [-0.05, 0) is 56.6 Å². The van der Waals surface area contributed by atoms with Gasteiger partial charge in [-0.15, -0.1) is 0 Å². The molecule has 2 heterocycles. The number of nitrogens with two attached hydrogens (primary N) is 1. The third-order valence-corrected chi connectivity index (χ3v) is 8.51. The first-order valence-corrected chi connectivity index (χ1v) is 12.2. The summed E-state index contributed by atoms with van der Waals surface area (Å²) in [6.45, 7) is 3.89. The quantitative estimate of drug-likeness (QED) is 0.616. The Morgan fingerprint density at radius 2 is 2.07 bits per heavy atom. The summed E-state index contributed by atoms with van der Waals surface area (Å²) in [4.78, 5) is 16.7. The van der Waals surface area contributed by atoms with Crippen molar-refractivity contribution in [2.45, 2.75) is 88.0 Å². The number of hydrogen-bond donors (Lipinski definition) is 3. The number of nitrogens with one attached hydrogen (secondary N) is 1. The van der Waals surface area contributed by atoms with E-state index in [1.165, 1.54) is 29.4 Å². The van der Waals surface area contributed by atoms with Gasteiger partial charge in [0.25, 0.3) is 10.0 Å². The largest absolute Gasteiger partial charge is 0.390 e. The van der Waals surface area contributed by atoms with Crippen molar-refractivity contribution in [2.24, 2.45) is 11.1 Å². The second-order valence-corrected chi connectivity index (χ2v) is 11.0. The molecule has 1 saturated heterocycles. The Morgan fingerprint density at radius 1 is 1.37 bits per heavy atom. The fraction of sp³-hybridized carbons (Fsp3) is 0.714. The number of carbonyl (C=O) groups excluding carboxylic acids is 1. The first-order valence-electron chi connectivity index (χ1n) is 10.8. The zero-order chi connectivity index (χ0) is 21.9. The number of amides is 1. The molecular formula is C21H34N4O4S. The van der Waals surface area contributed by atoms with Crippen molar-refractivity contribution in [3.05, 3.63) is 24.4 Å². The van der Waals surface area contributed by atoms with Gasteiger partial charge in [-0.25, -0.2) is 13.4 Å². The molecule has 1 aromatic rings. The van der Waals surface area contributed by atoms with Gasteiger partial charge >= 0.3 is 0 Å². The van der Waals surface area contributed by atoms with Crippen LogP contribution in [-0.2, 0) is 14.8 Å². The number of sulfonamides is 1. The molecule has 3 rings (SSSR count). The summed E-state index contributed by atoms with van der Waals surface area (Å²) < 4.78 is 27.3. The Balaban J connectivity index is 1.65. The fourth-order valence-electron chi connectivity index (χ4n) is 4.72. The molecule has 1 saturated carbocycles. The Morgan fingerprint density at radius 3 is 2.70 bits per heavy atom. The monoisotopic (exact) mass is 438 g/mol. The maximum Gasteiger partial charge on any atom is 0.260 e. The van der Waals surface area contributed by atoms with Crippen LogP contribution in [0.4, 0.5) is 0 Å². The zero-order valence-electron chi connectivity index (χ0n) is 17.8. The number of aliphatic hydroxyl groups is 1. The number of β-amino-alcohol motifs (C(OH)–C–C–N with tert-alkyl or cyclic N) is 1. The van der Waals surface area contributed by atoms with E-state index in [4.69, 9.17) is 5.73 Å². The lowest BCUT2D eigenvalue weighted by Gasteiger charge is -2.29. The highest BCUT2D eigenvalue weighted by Gasteiger charge is 2.38. The number of pyridine rings is 1. The summed E-state index contributed by atoms with van der Waals surface area (Å²) in [5.74, 6) is -0.277. The van der Waals surface area contributed by atoms with Crippen molar-refractivity contribution in [2.75, 3.05) is 6.54 Å². The summed E-state index contributed by atoms with van der Waals surface area (Å²) in [5.41, 5.74) is 6.27. The minimum atomic E-state index is -3.83. The fourth-order valence-corrected chi connectivity index (χ4v) is 6.33. The standard InChI is InChI=1S/C21H34N4O4S/c1-15-8-9-17(24-20(27)16(22)13-21(2)10-4-5-11-21)18(26)14-25(15)30(28,29)19-7-3-6-12-23-19/h3,6-7,12,15-18,26H,4-5,8-11,13-14,22H2,1-2H3,(H,24,27). The van der Waals surface area contributed by atoms with Crippen molar-refractivity contribution in [3.8, 4) is 0 Å². The van der Waals surface area contributed by atoms with E-state index in [9.17, 15) is 18.3 Å². The second kappa shape index (κ2) is 9.30. The van der Waals surface area contributed by atoms with Crippen molar-refractivity contribution in [1.82, 2.24) is 14.6 Å². The van der Waals surface area contributed by atoms with E-state index in [0.29, 0.717) is 19.3 Å². The lowest BCUT2D eigenvalue weighted by atomic mass is 9.82. The normalized spacial score (nSPS) is 28.6. The first-order chi connectivity index (χ1) is 14.1. The molecule has 1 aliphatic carbocycles. The molecule has 1 aliphatic heterocycles. The van der Waals surface area contributed by atoms with Gasteiger partial charge in [-0.3, -0.25) is 4.79 Å². The van der Waals surface area contributed by atoms with Crippen molar-refractivity contribution in [3.63, 3.8) is 0 Å². The van der Waals surface area contributed by atoms with Crippen LogP contribution in [0.3, 0.4) is 0 Å². The first kappa shape index (κ1) is 23.1. The predicted octanol–water partition coefficient (Wildman–Crippen LogP) is 1.40. The van der Waals surface area contributed by atoms with E-state index in [0.717, 1.165) is 12.8 Å². The van der Waals surface area contributed by atoms with Gasteiger partial charge < -0.3 is 16.2 Å². The highest BCUT2D eigenvalue weighted by Crippen LogP contribution is 2.41. The number of carbonyl (C=O) groups is 1. The molecule has 0 radical (unpaired) electrons. The Labute approximate surface area is 179 Å². The number of hydrogen-bond acceptors (Lipinski definition) is 6. The lowest BCUT2D eigenvalue weighted by molar-refractivity contribution is -0.124. The van der Waals surface area contributed by atoms with E-state index in [1.807, 2.05) is 6.92 Å². The average Bonchev–Trinajstić information content (AvgIpc) is 3.08. The third-order valence-electron chi connectivity index (χ3n) is 6.62. The second-order valence-electron chi connectivity index (χ2n) is 9.18. The molecule has 9 heteroatoms. The number of rotatable bonds is 6. The molecule has 168 valence electrons. The van der Waals surface area contributed by atoms with Crippen LogP contribution < -0.4 is 11.1 Å². The van der Waals surface area contributed by atoms with Gasteiger partial charge in [0.15, 0.2) is 5.03 Å². The third kappa shape index (κ3) is 5.19. The van der Waals surface area contributed by atoms with Crippen LogP contribution in [0, 0.1) is 5.41 Å². The van der Waals surface area contributed by atoms with Crippen LogP contribution in [0.2, 0.25) is 0 Å². The molecule has 1 amide bonds. The van der Waals surface area contributed by atoms with E-state index >= 15 is 0 Å². The Kier molecular flexibility index (Phi) is 7.16. The summed E-state index contributed by atoms with van der Waals surface area (Å²) in [6.07, 6.45) is 6.53. The van der Waals surface area contributed by atoms with Crippen molar-refractivity contribution in [1.29, 1.82) is 0 Å². The van der Waals surface area contributed by atoms with Crippen molar-refractivity contribution >= 4 is 15.9 Å². The van der Waals surface area contributed by atoms with Crippen LogP contribution >= 0.6 is 0 Å². The van der Waals surface area contributed by atoms with E-state index in [2.05, 4.69) is 17.2 Å². The molecule has 1 aromatic heterocycles. The van der Waals surface area contributed by atoms with Crippen LogP contribution in [0.25, 0.3) is 0 Å². The van der Waals surface area contributed by atoms with Crippen LogP contribution in [-0.4, -0.2) is 59.5 Å². The van der Waals surface area contributed by atoms with E-state index < -0.39 is 28.2 Å². The van der Waals surface area contributed by atoms with Gasteiger partial charge in [-0.2, -0.15) is 4.31 Å². The van der Waals surface area contributed by atoms with Gasteiger partial charge in [0, 0.05) is 18.8 Å². The summed E-state index contributed by atoms with van der Waals surface area (Å²) in [5, 5.41) is 13.6. The number of aromatic nitrogens is 1. The van der Waals surface area contributed by atoms with Gasteiger partial charge in [0.2, 0.25) is 5.91 Å². The minimum absolute atomic E-state index is 0.0432. The molecule has 2 aliphatic rings. The lowest BCUT2D eigenvalue weighted by Crippen LogP contribution is -2.52. The molecule has 8 nitrogen and oxygen atoms in total. The molecule has 2 fully saturated rings. The molecule has 4 atom stereocenters. The highest BCUT2D eigenvalue weighted by atomic mass is 32.2. The molecule has 4 N–H and O–H groups in total.